The van der Waals surface area contributed by atoms with Gasteiger partial charge in [-0.05, 0) is 42.5 Å². The maximum absolute atomic E-state index is 9.46. The van der Waals surface area contributed by atoms with E-state index in [-0.39, 0.29) is 19.5 Å². The van der Waals surface area contributed by atoms with Crippen LogP contribution in [0.3, 0.4) is 0 Å². The van der Waals surface area contributed by atoms with Crippen molar-refractivity contribution in [1.29, 1.82) is 0 Å². The Kier molecular flexibility index (Phi) is 10.8. The van der Waals surface area contributed by atoms with Gasteiger partial charge in [0.2, 0.25) is 11.3 Å². The van der Waals surface area contributed by atoms with Crippen LogP contribution >= 0.6 is 0 Å². The van der Waals surface area contributed by atoms with Crippen LogP contribution in [0.25, 0.3) is 56.4 Å². The summed E-state index contributed by atoms with van der Waals surface area (Å²) in [5.41, 5.74) is 9.61. The Labute approximate surface area is 351 Å². The molecule has 62 heavy (non-hydrogen) atoms. The lowest BCUT2D eigenvalue weighted by Crippen LogP contribution is -2.24. The molecule has 0 amide bonds. The average molecular weight is 837 g/mol. The molecule has 0 bridgehead atoms. The third kappa shape index (κ3) is 8.21. The Bertz CT molecular complexity index is 3100. The normalized spacial score (nSPS) is 14.3. The number of ether oxygens (including phenoxy) is 2. The Morgan fingerprint density at radius 1 is 0.694 bits per heavy atom. The number of fused-ring (bicyclic) bond motifs is 4. The van der Waals surface area contributed by atoms with E-state index in [1.165, 1.54) is 0 Å². The number of imidazole rings is 2. The number of aliphatic hydroxyl groups is 2. The van der Waals surface area contributed by atoms with E-state index in [1.54, 1.807) is 51.2 Å². The molecule has 1 aliphatic rings. The molecule has 10 aromatic heterocycles. The largest absolute Gasteiger partial charge is 0.394 e. The summed E-state index contributed by atoms with van der Waals surface area (Å²) in [6.07, 6.45) is 23.0. The monoisotopic (exact) mass is 836 g/mol. The zero-order valence-corrected chi connectivity index (χ0v) is 33.3. The predicted molar refractivity (Wildman–Crippen MR) is 220 cm³/mol. The highest BCUT2D eigenvalue weighted by atomic mass is 16.7. The summed E-state index contributed by atoms with van der Waals surface area (Å²) < 4.78 is 22.2. The van der Waals surface area contributed by atoms with Gasteiger partial charge < -0.3 is 28.5 Å². The minimum Gasteiger partial charge on any atom is -0.394 e. The van der Waals surface area contributed by atoms with E-state index in [0.717, 1.165) is 65.1 Å². The summed E-state index contributed by atoms with van der Waals surface area (Å²) in [7, 11) is 0. The van der Waals surface area contributed by atoms with Crippen LogP contribution in [0.5, 0.6) is 0 Å². The highest BCUT2D eigenvalue weighted by molar-refractivity contribution is 5.70. The fourth-order valence-electron chi connectivity index (χ4n) is 7.15. The van der Waals surface area contributed by atoms with Crippen molar-refractivity contribution in [3.63, 3.8) is 0 Å². The van der Waals surface area contributed by atoms with Crippen molar-refractivity contribution in [2.45, 2.75) is 58.3 Å². The van der Waals surface area contributed by atoms with Crippen LogP contribution in [0.2, 0.25) is 0 Å². The van der Waals surface area contributed by atoms with Crippen LogP contribution in [0.1, 0.15) is 36.1 Å². The van der Waals surface area contributed by atoms with Gasteiger partial charge in [-0.15, -0.1) is 10.2 Å². The van der Waals surface area contributed by atoms with Crippen LogP contribution in [0, 0.1) is 0 Å². The van der Waals surface area contributed by atoms with Crippen LogP contribution in [-0.2, 0) is 42.3 Å². The summed E-state index contributed by atoms with van der Waals surface area (Å²) in [6.45, 7) is 3.29. The second-order valence-corrected chi connectivity index (χ2v) is 14.6. The van der Waals surface area contributed by atoms with Crippen molar-refractivity contribution in [3.8, 4) is 22.5 Å². The highest BCUT2D eigenvalue weighted by Gasteiger charge is 2.16. The summed E-state index contributed by atoms with van der Waals surface area (Å²) in [6, 6.07) is 7.84. The van der Waals surface area contributed by atoms with Gasteiger partial charge in [0.25, 0.3) is 0 Å². The molecule has 0 radical (unpaired) electrons. The molecule has 1 unspecified atom stereocenters. The van der Waals surface area contributed by atoms with Crippen molar-refractivity contribution in [1.82, 2.24) is 88.3 Å². The Hall–Kier alpha value is -7.40. The second-order valence-electron chi connectivity index (χ2n) is 14.6. The molecule has 0 aromatic carbocycles. The molecular formula is C40H40N18O4. The Morgan fingerprint density at radius 2 is 1.37 bits per heavy atom. The maximum Gasteiger partial charge on any atom is 0.221 e. The lowest BCUT2D eigenvalue weighted by atomic mass is 10.2. The number of hydrogen-bond donors (Lipinski definition) is 2. The van der Waals surface area contributed by atoms with Gasteiger partial charge in [0.15, 0.2) is 17.6 Å². The lowest BCUT2D eigenvalue weighted by Gasteiger charge is -2.22. The van der Waals surface area contributed by atoms with Crippen LogP contribution < -0.4 is 0 Å². The number of aliphatic hydroxyl groups excluding tert-OH is 2. The molecule has 22 nitrogen and oxygen atoms in total. The molecule has 22 heteroatoms. The van der Waals surface area contributed by atoms with Crippen molar-refractivity contribution in [3.05, 3.63) is 109 Å². The lowest BCUT2D eigenvalue weighted by molar-refractivity contribution is -0.163. The van der Waals surface area contributed by atoms with Crippen LogP contribution in [-0.4, -0.2) is 125 Å². The summed E-state index contributed by atoms with van der Waals surface area (Å²) >= 11 is 0. The van der Waals surface area contributed by atoms with Gasteiger partial charge in [0.1, 0.15) is 11.3 Å². The minimum atomic E-state index is -0.0932. The minimum absolute atomic E-state index is 0.0157. The van der Waals surface area contributed by atoms with Crippen molar-refractivity contribution in [2.24, 2.45) is 0 Å². The molecule has 11 rings (SSSR count). The maximum atomic E-state index is 9.46. The number of pyridine rings is 2. The third-order valence-corrected chi connectivity index (χ3v) is 10.3. The average Bonchev–Trinajstić information content (AvgIpc) is 4.18. The molecule has 0 saturated carbocycles. The Balaban J connectivity index is 0.000000149. The van der Waals surface area contributed by atoms with Crippen molar-refractivity contribution in [2.75, 3.05) is 19.8 Å². The van der Waals surface area contributed by atoms with Gasteiger partial charge in [-0.1, -0.05) is 22.6 Å². The van der Waals surface area contributed by atoms with E-state index in [9.17, 15) is 5.11 Å². The number of hydrogen-bond acceptors (Lipinski definition) is 16. The molecule has 314 valence electrons. The molecule has 11 heterocycles. The van der Waals surface area contributed by atoms with Crippen molar-refractivity contribution >= 4 is 33.9 Å². The molecule has 1 atom stereocenters. The first-order valence-corrected chi connectivity index (χ1v) is 20.1. The van der Waals surface area contributed by atoms with Crippen LogP contribution in [0.4, 0.5) is 0 Å². The molecule has 1 saturated heterocycles. The van der Waals surface area contributed by atoms with E-state index < -0.39 is 0 Å². The number of aromatic nitrogens is 18. The summed E-state index contributed by atoms with van der Waals surface area (Å²) in [5.74, 6) is 0. The summed E-state index contributed by atoms with van der Waals surface area (Å²) in [4.78, 5) is 26.8. The number of rotatable bonds is 13. The summed E-state index contributed by atoms with van der Waals surface area (Å²) in [5, 5.41) is 43.8. The van der Waals surface area contributed by atoms with Gasteiger partial charge in [-0.25, -0.2) is 39.3 Å². The second kappa shape index (κ2) is 17.3. The van der Waals surface area contributed by atoms with E-state index in [0.29, 0.717) is 66.8 Å². The molecule has 2 N–H and O–H groups in total. The van der Waals surface area contributed by atoms with E-state index >= 15 is 0 Å². The smallest absolute Gasteiger partial charge is 0.221 e. The van der Waals surface area contributed by atoms with Crippen LogP contribution in [0.15, 0.2) is 92.4 Å². The molecule has 1 aliphatic heterocycles. The highest BCUT2D eigenvalue weighted by Crippen LogP contribution is 2.21. The van der Waals surface area contributed by atoms with Gasteiger partial charge in [-0.2, -0.15) is 10.2 Å². The van der Waals surface area contributed by atoms with Gasteiger partial charge in [0, 0.05) is 54.9 Å². The SMILES string of the molecule is OCCn1cc(-c2cnc3nnn(Cc4ccc5ncc(CO)n5c4)c3n2)cn1.c1cn2cc(Cn3nnc4ncc(-c5cnn(CCOC6CCCCO6)c5)nc43)ccc2n1. The molecule has 10 aromatic rings. The van der Waals surface area contributed by atoms with E-state index in [4.69, 9.17) is 19.6 Å². The first-order chi connectivity index (χ1) is 30.6. The fourth-order valence-corrected chi connectivity index (χ4v) is 7.15. The fraction of sp³-hybridized carbons (Fsp3) is 0.300. The molecule has 0 aliphatic carbocycles. The predicted octanol–water partition coefficient (Wildman–Crippen LogP) is 2.59. The Morgan fingerprint density at radius 3 is 2.03 bits per heavy atom. The molecular weight excluding hydrogens is 797 g/mol. The molecule has 0 spiro atoms. The molecule has 1 fully saturated rings. The van der Waals surface area contributed by atoms with E-state index in [1.807, 2.05) is 68.7 Å². The van der Waals surface area contributed by atoms with E-state index in [2.05, 4.69) is 55.7 Å². The quantitative estimate of drug-likeness (QED) is 0.170. The van der Waals surface area contributed by atoms with Gasteiger partial charge in [-0.3, -0.25) is 9.36 Å². The van der Waals surface area contributed by atoms with Crippen molar-refractivity contribution < 1.29 is 19.7 Å². The topological polar surface area (TPSA) is 242 Å². The first-order valence-electron chi connectivity index (χ1n) is 20.1. The zero-order chi connectivity index (χ0) is 41.8. The first kappa shape index (κ1) is 38.8. The zero-order valence-electron chi connectivity index (χ0n) is 33.3. The van der Waals surface area contributed by atoms with Gasteiger partial charge in [0.05, 0.1) is 94.1 Å². The third-order valence-electron chi connectivity index (χ3n) is 10.3. The van der Waals surface area contributed by atoms with Gasteiger partial charge >= 0.3 is 0 Å². The number of nitrogens with zero attached hydrogens (tertiary/aromatic N) is 18. The standard InChI is InChI=1S/C22H23N9O2.C18H17N9O2/c1-2-9-32-20(3-1)33-10-8-30-15-17(11-25-30)18-12-24-21-22(26-18)31(28-27-21)14-16-4-5-19-23-6-7-29(19)13-16;28-4-3-25-10-13(5-21-25)15-7-20-17-18(22-15)27(24-23-17)9-12-1-2-16-19-6-14(11-29)26(16)8-12/h4-7,11-13,15,20H,1-3,8-10,14H2;1-2,5-8,10,28-29H,3-4,9,11H2.